The number of hydrogen-bond acceptors (Lipinski definition) is 4. The number of fused-ring (bicyclic) bond motifs is 1. The number of hydrogen-bond donors (Lipinski definition) is 0. The number of methoxy groups -OCH3 is 1. The molecule has 0 N–H and O–H groups in total. The summed E-state index contributed by atoms with van der Waals surface area (Å²) in [6.07, 6.45) is 0. The molecule has 0 bridgehead atoms. The van der Waals surface area contributed by atoms with Crippen LogP contribution in [0, 0.1) is 5.82 Å². The van der Waals surface area contributed by atoms with Crippen LogP contribution in [-0.2, 0) is 19.7 Å². The largest absolute Gasteiger partial charge is 0.494 e. The molecule has 0 radical (unpaired) electrons. The van der Waals surface area contributed by atoms with Crippen LogP contribution in [0.15, 0.2) is 54.6 Å². The minimum Gasteiger partial charge on any atom is -0.494 e. The second-order valence-electron chi connectivity index (χ2n) is 6.51. The fourth-order valence-corrected chi connectivity index (χ4v) is 3.23. The lowest BCUT2D eigenvalue weighted by Gasteiger charge is -2.27. The molecule has 6 nitrogen and oxygen atoms in total. The molecule has 0 unspecified atom stereocenters. The van der Waals surface area contributed by atoms with Gasteiger partial charge in [-0.1, -0.05) is 30.3 Å². The number of nitrogens with zero attached hydrogens (tertiary/aromatic N) is 3. The summed E-state index contributed by atoms with van der Waals surface area (Å²) in [6.45, 7) is 1.48. The molecule has 28 heavy (non-hydrogen) atoms. The van der Waals surface area contributed by atoms with Crippen LogP contribution in [0.1, 0.15) is 21.7 Å². The number of aromatic nitrogens is 2. The van der Waals surface area contributed by atoms with E-state index in [1.807, 2.05) is 30.3 Å². The van der Waals surface area contributed by atoms with Gasteiger partial charge in [-0.05, 0) is 24.3 Å². The molecule has 0 spiro atoms. The highest BCUT2D eigenvalue weighted by atomic mass is 19.1. The maximum absolute atomic E-state index is 14.4. The Morgan fingerprint density at radius 1 is 1.11 bits per heavy atom. The number of ether oxygens (including phenoxy) is 2. The van der Waals surface area contributed by atoms with Crippen molar-refractivity contribution in [1.82, 2.24) is 14.7 Å². The van der Waals surface area contributed by atoms with Crippen molar-refractivity contribution in [1.29, 1.82) is 0 Å². The Labute approximate surface area is 162 Å². The van der Waals surface area contributed by atoms with Crippen LogP contribution in [0.5, 0.6) is 11.5 Å². The molecular weight excluding hydrogens is 361 g/mol. The Bertz CT molecular complexity index is 988. The van der Waals surface area contributed by atoms with Crippen LogP contribution in [0.2, 0.25) is 0 Å². The zero-order valence-electron chi connectivity index (χ0n) is 15.5. The highest BCUT2D eigenvalue weighted by Crippen LogP contribution is 2.23. The highest BCUT2D eigenvalue weighted by Gasteiger charge is 2.27. The zero-order valence-corrected chi connectivity index (χ0v) is 15.5. The van der Waals surface area contributed by atoms with Crippen molar-refractivity contribution in [3.63, 3.8) is 0 Å². The van der Waals surface area contributed by atoms with Gasteiger partial charge in [0.05, 0.1) is 13.7 Å². The van der Waals surface area contributed by atoms with Gasteiger partial charge in [-0.25, -0.2) is 4.39 Å². The van der Waals surface area contributed by atoms with Crippen molar-refractivity contribution in [2.75, 3.05) is 13.7 Å². The first-order valence-corrected chi connectivity index (χ1v) is 9.01. The number of halogens is 1. The summed E-state index contributed by atoms with van der Waals surface area (Å²) in [5.74, 6) is 0.308. The number of carbonyl (C=O) groups is 1. The van der Waals surface area contributed by atoms with Gasteiger partial charge in [0.25, 0.3) is 5.91 Å². The molecule has 1 aliphatic rings. The Kier molecular flexibility index (Phi) is 4.97. The first-order valence-electron chi connectivity index (χ1n) is 9.01. The molecule has 2 aromatic carbocycles. The van der Waals surface area contributed by atoms with E-state index >= 15 is 0 Å². The Morgan fingerprint density at radius 3 is 2.71 bits per heavy atom. The molecule has 0 saturated carbocycles. The average molecular weight is 381 g/mol. The van der Waals surface area contributed by atoms with Crippen molar-refractivity contribution in [2.45, 2.75) is 19.7 Å². The van der Waals surface area contributed by atoms with Crippen LogP contribution < -0.4 is 9.47 Å². The lowest BCUT2D eigenvalue weighted by atomic mass is 10.1. The fraction of sp³-hybridized carbons (Fsp3) is 0.238. The summed E-state index contributed by atoms with van der Waals surface area (Å²) < 4.78 is 26.8. The van der Waals surface area contributed by atoms with E-state index in [0.717, 1.165) is 5.75 Å². The van der Waals surface area contributed by atoms with Crippen molar-refractivity contribution in [2.24, 2.45) is 0 Å². The molecule has 1 aliphatic heterocycles. The molecule has 0 atom stereocenters. The summed E-state index contributed by atoms with van der Waals surface area (Å²) >= 11 is 0. The summed E-state index contributed by atoms with van der Waals surface area (Å²) in [4.78, 5) is 14.5. The molecule has 7 heteroatoms. The second kappa shape index (κ2) is 7.72. The standard InChI is InChI=1S/C21H20FN3O3/c1-27-19-9-5-6-15(20(19)22)13-24-10-11-25-18(21(24)26)12-16(23-25)14-28-17-7-3-2-4-8-17/h2-9,12H,10-11,13-14H2,1H3. The SMILES string of the molecule is COc1cccc(CN2CCn3nc(COc4ccccc4)cc3C2=O)c1F. The lowest BCUT2D eigenvalue weighted by molar-refractivity contribution is 0.0681. The van der Waals surface area contributed by atoms with Gasteiger partial charge in [0.2, 0.25) is 0 Å². The predicted molar refractivity (Wildman–Crippen MR) is 101 cm³/mol. The smallest absolute Gasteiger partial charge is 0.272 e. The van der Waals surface area contributed by atoms with Crippen molar-refractivity contribution in [3.05, 3.63) is 77.4 Å². The van der Waals surface area contributed by atoms with Gasteiger partial charge in [0.1, 0.15) is 23.7 Å². The molecule has 1 amide bonds. The van der Waals surface area contributed by atoms with Gasteiger partial charge in [0.15, 0.2) is 11.6 Å². The molecule has 0 saturated heterocycles. The lowest BCUT2D eigenvalue weighted by Crippen LogP contribution is -2.40. The molecule has 4 rings (SSSR count). The number of para-hydroxylation sites is 1. The van der Waals surface area contributed by atoms with E-state index in [-0.39, 0.29) is 24.8 Å². The maximum Gasteiger partial charge on any atom is 0.272 e. The van der Waals surface area contributed by atoms with Gasteiger partial charge >= 0.3 is 0 Å². The first-order chi connectivity index (χ1) is 13.7. The highest BCUT2D eigenvalue weighted by molar-refractivity contribution is 5.93. The number of carbonyl (C=O) groups excluding carboxylic acids is 1. The molecule has 2 heterocycles. The normalized spacial score (nSPS) is 13.4. The van der Waals surface area contributed by atoms with E-state index in [2.05, 4.69) is 5.10 Å². The number of rotatable bonds is 6. The van der Waals surface area contributed by atoms with Crippen LogP contribution in [0.25, 0.3) is 0 Å². The molecule has 144 valence electrons. The number of amides is 1. The monoisotopic (exact) mass is 381 g/mol. The van der Waals surface area contributed by atoms with Gasteiger partial charge < -0.3 is 14.4 Å². The maximum atomic E-state index is 14.4. The summed E-state index contributed by atoms with van der Waals surface area (Å²) in [7, 11) is 1.42. The Hall–Kier alpha value is -3.35. The van der Waals surface area contributed by atoms with E-state index in [1.165, 1.54) is 7.11 Å². The van der Waals surface area contributed by atoms with E-state index < -0.39 is 5.82 Å². The third kappa shape index (κ3) is 3.55. The predicted octanol–water partition coefficient (Wildman–Crippen LogP) is 3.27. The summed E-state index contributed by atoms with van der Waals surface area (Å²) in [5.41, 5.74) is 1.59. The minimum atomic E-state index is -0.436. The first kappa shape index (κ1) is 18.0. The van der Waals surface area contributed by atoms with Crippen molar-refractivity contribution < 1.29 is 18.7 Å². The molecule has 1 aromatic heterocycles. The van der Waals surface area contributed by atoms with E-state index in [0.29, 0.717) is 30.0 Å². The Morgan fingerprint density at radius 2 is 1.93 bits per heavy atom. The minimum absolute atomic E-state index is 0.173. The summed E-state index contributed by atoms with van der Waals surface area (Å²) in [6, 6.07) is 16.1. The molecular formula is C21H20FN3O3. The third-order valence-electron chi connectivity index (χ3n) is 4.67. The van der Waals surface area contributed by atoms with E-state index in [4.69, 9.17) is 9.47 Å². The molecule has 3 aromatic rings. The zero-order chi connectivity index (χ0) is 19.5. The molecule has 0 aliphatic carbocycles. The number of benzene rings is 2. The third-order valence-corrected chi connectivity index (χ3v) is 4.67. The van der Waals surface area contributed by atoms with Crippen molar-refractivity contribution >= 4 is 5.91 Å². The Balaban J connectivity index is 1.47. The van der Waals surface area contributed by atoms with Crippen LogP contribution in [0.4, 0.5) is 4.39 Å². The van der Waals surface area contributed by atoms with E-state index in [1.54, 1.807) is 33.8 Å². The van der Waals surface area contributed by atoms with Crippen LogP contribution >= 0.6 is 0 Å². The van der Waals surface area contributed by atoms with Gasteiger partial charge in [-0.3, -0.25) is 9.48 Å². The van der Waals surface area contributed by atoms with Crippen LogP contribution in [-0.4, -0.2) is 34.2 Å². The average Bonchev–Trinajstić information content (AvgIpc) is 3.15. The topological polar surface area (TPSA) is 56.6 Å². The molecule has 0 fully saturated rings. The fourth-order valence-electron chi connectivity index (χ4n) is 3.23. The second-order valence-corrected chi connectivity index (χ2v) is 6.51. The van der Waals surface area contributed by atoms with E-state index in [9.17, 15) is 9.18 Å². The summed E-state index contributed by atoms with van der Waals surface area (Å²) in [5, 5.41) is 4.45. The van der Waals surface area contributed by atoms with Crippen LogP contribution in [0.3, 0.4) is 0 Å². The van der Waals surface area contributed by atoms with Gasteiger partial charge in [-0.15, -0.1) is 0 Å². The van der Waals surface area contributed by atoms with Gasteiger partial charge in [0, 0.05) is 18.7 Å². The van der Waals surface area contributed by atoms with Gasteiger partial charge in [-0.2, -0.15) is 5.10 Å². The van der Waals surface area contributed by atoms with Crippen molar-refractivity contribution in [3.8, 4) is 11.5 Å². The quantitative estimate of drug-likeness (QED) is 0.658.